The maximum absolute atomic E-state index is 11.3. The highest BCUT2D eigenvalue weighted by Crippen LogP contribution is 2.10. The predicted molar refractivity (Wildman–Crippen MR) is 61.5 cm³/mol. The van der Waals surface area contributed by atoms with E-state index < -0.39 is 11.9 Å². The smallest absolute Gasteiger partial charge is 0.331 e. The van der Waals surface area contributed by atoms with Gasteiger partial charge in [-0.2, -0.15) is 0 Å². The number of ether oxygens (including phenoxy) is 2. The van der Waals surface area contributed by atoms with Crippen LogP contribution < -0.4 is 10.6 Å². The van der Waals surface area contributed by atoms with E-state index in [2.05, 4.69) is 15.4 Å². The Balaban J connectivity index is 2.36. The van der Waals surface area contributed by atoms with E-state index in [1.54, 1.807) is 7.05 Å². The van der Waals surface area contributed by atoms with E-state index >= 15 is 0 Å². The molecule has 1 saturated heterocycles. The summed E-state index contributed by atoms with van der Waals surface area (Å²) >= 11 is 0. The monoisotopic (exact) mass is 256 g/mol. The van der Waals surface area contributed by atoms with Crippen LogP contribution in [0.15, 0.2) is 12.2 Å². The number of esters is 2. The fraction of sp³-hybridized carbons (Fsp3) is 0.545. The van der Waals surface area contributed by atoms with Gasteiger partial charge >= 0.3 is 11.9 Å². The third kappa shape index (κ3) is 4.17. The Morgan fingerprint density at radius 1 is 1.28 bits per heavy atom. The lowest BCUT2D eigenvalue weighted by Gasteiger charge is -2.09. The van der Waals surface area contributed by atoms with Crippen molar-refractivity contribution in [2.75, 3.05) is 20.7 Å². The minimum Gasteiger partial charge on any atom is -0.466 e. The summed E-state index contributed by atoms with van der Waals surface area (Å²) in [5, 5.41) is 5.45. The lowest BCUT2D eigenvalue weighted by molar-refractivity contribution is -0.143. The van der Waals surface area contributed by atoms with Gasteiger partial charge in [0.2, 0.25) is 5.91 Å². The predicted octanol–water partition coefficient (Wildman–Crippen LogP) is -1.26. The molecule has 0 aromatic carbocycles. The van der Waals surface area contributed by atoms with E-state index in [-0.39, 0.29) is 18.1 Å². The van der Waals surface area contributed by atoms with Crippen molar-refractivity contribution in [2.45, 2.75) is 18.6 Å². The lowest BCUT2D eigenvalue weighted by atomic mass is 10.2. The van der Waals surface area contributed by atoms with Crippen LogP contribution in [0, 0.1) is 0 Å². The van der Waals surface area contributed by atoms with Crippen molar-refractivity contribution in [3.8, 4) is 0 Å². The molecule has 2 N–H and O–H groups in total. The van der Waals surface area contributed by atoms with Crippen molar-refractivity contribution in [3.05, 3.63) is 12.2 Å². The molecule has 1 aliphatic rings. The molecule has 1 amide bonds. The number of hydrogen-bond acceptors (Lipinski definition) is 6. The molecule has 0 aromatic rings. The molecule has 0 aromatic heterocycles. The molecule has 7 heteroatoms. The second kappa shape index (κ2) is 6.75. The first-order chi connectivity index (χ1) is 8.56. The van der Waals surface area contributed by atoms with Gasteiger partial charge in [-0.25, -0.2) is 9.59 Å². The molecular weight excluding hydrogens is 240 g/mol. The van der Waals surface area contributed by atoms with Crippen LogP contribution in [0.2, 0.25) is 0 Å². The maximum Gasteiger partial charge on any atom is 0.331 e. The zero-order valence-electron chi connectivity index (χ0n) is 10.3. The molecule has 18 heavy (non-hydrogen) atoms. The molecule has 0 unspecified atom stereocenters. The van der Waals surface area contributed by atoms with Crippen LogP contribution >= 0.6 is 0 Å². The fourth-order valence-corrected chi connectivity index (χ4v) is 1.57. The number of rotatable bonds is 4. The topological polar surface area (TPSA) is 93.7 Å². The molecule has 0 aliphatic carbocycles. The van der Waals surface area contributed by atoms with Gasteiger partial charge in [0.1, 0.15) is 6.10 Å². The summed E-state index contributed by atoms with van der Waals surface area (Å²) in [6, 6.07) is -0.350. The minimum atomic E-state index is -0.634. The van der Waals surface area contributed by atoms with Gasteiger partial charge in [-0.1, -0.05) is 0 Å². The highest BCUT2D eigenvalue weighted by molar-refractivity contribution is 5.91. The van der Waals surface area contributed by atoms with E-state index in [0.717, 1.165) is 12.2 Å². The number of likely N-dealkylation sites (N-methyl/N-ethyl adjacent to an activating group) is 1. The van der Waals surface area contributed by atoms with Crippen LogP contribution in [-0.2, 0) is 23.9 Å². The summed E-state index contributed by atoms with van der Waals surface area (Å²) < 4.78 is 9.39. The van der Waals surface area contributed by atoms with Crippen LogP contribution in [0.3, 0.4) is 0 Å². The Kier molecular flexibility index (Phi) is 5.31. The molecule has 1 aliphatic heterocycles. The second-order valence-corrected chi connectivity index (χ2v) is 3.73. The highest BCUT2D eigenvalue weighted by Gasteiger charge is 2.30. The van der Waals surface area contributed by atoms with Crippen LogP contribution in [0.4, 0.5) is 0 Å². The molecule has 7 nitrogen and oxygen atoms in total. The fourth-order valence-electron chi connectivity index (χ4n) is 1.57. The summed E-state index contributed by atoms with van der Waals surface area (Å²) in [6.45, 7) is 0.413. The third-order valence-corrected chi connectivity index (χ3v) is 2.49. The van der Waals surface area contributed by atoms with Gasteiger partial charge in [-0.05, 0) is 0 Å². The molecular formula is C11H16N2O5. The average Bonchev–Trinajstić information content (AvgIpc) is 2.83. The number of nitrogens with one attached hydrogen (secondary N) is 2. The number of amides is 1. The van der Waals surface area contributed by atoms with Gasteiger partial charge in [0.25, 0.3) is 0 Å². The molecule has 0 saturated carbocycles. The molecule has 1 heterocycles. The maximum atomic E-state index is 11.3. The SMILES string of the molecule is CNC(=O)[C@@H]1C[C@@H](OC(=O)/C=C/C(=O)OC)CN1. The molecule has 0 bridgehead atoms. The molecule has 2 atom stereocenters. The molecule has 1 fully saturated rings. The van der Waals surface area contributed by atoms with E-state index in [1.165, 1.54) is 7.11 Å². The third-order valence-electron chi connectivity index (χ3n) is 2.49. The quantitative estimate of drug-likeness (QED) is 0.481. The first-order valence-corrected chi connectivity index (χ1v) is 5.48. The zero-order chi connectivity index (χ0) is 13.5. The lowest BCUT2D eigenvalue weighted by Crippen LogP contribution is -2.38. The summed E-state index contributed by atoms with van der Waals surface area (Å²) in [5.41, 5.74) is 0. The largest absolute Gasteiger partial charge is 0.466 e. The minimum absolute atomic E-state index is 0.140. The zero-order valence-corrected chi connectivity index (χ0v) is 10.3. The van der Waals surface area contributed by atoms with Crippen molar-refractivity contribution in [1.82, 2.24) is 10.6 Å². The van der Waals surface area contributed by atoms with Crippen molar-refractivity contribution in [1.29, 1.82) is 0 Å². The normalized spacial score (nSPS) is 22.8. The van der Waals surface area contributed by atoms with Gasteiger partial charge in [0.15, 0.2) is 0 Å². The van der Waals surface area contributed by atoms with Crippen LogP contribution in [0.25, 0.3) is 0 Å². The van der Waals surface area contributed by atoms with Crippen molar-refractivity contribution >= 4 is 17.8 Å². The number of carbonyl (C=O) groups is 3. The van der Waals surface area contributed by atoms with Crippen LogP contribution in [0.5, 0.6) is 0 Å². The first kappa shape index (κ1) is 14.2. The standard InChI is InChI=1S/C11H16N2O5/c1-12-11(16)8-5-7(6-13-8)18-10(15)4-3-9(14)17-2/h3-4,7-8,13H,5-6H2,1-2H3,(H,12,16)/b4-3+/t7-,8+/m1/s1. The number of hydrogen-bond donors (Lipinski definition) is 2. The van der Waals surface area contributed by atoms with Gasteiger partial charge in [0.05, 0.1) is 13.2 Å². The summed E-state index contributed by atoms with van der Waals surface area (Å²) in [6.07, 6.45) is 2.03. The molecule has 100 valence electrons. The molecule has 0 radical (unpaired) electrons. The Morgan fingerprint density at radius 2 is 1.94 bits per heavy atom. The van der Waals surface area contributed by atoms with Crippen molar-refractivity contribution in [3.63, 3.8) is 0 Å². The number of carbonyl (C=O) groups excluding carboxylic acids is 3. The van der Waals surface area contributed by atoms with E-state index in [1.807, 2.05) is 0 Å². The average molecular weight is 256 g/mol. The van der Waals surface area contributed by atoms with E-state index in [9.17, 15) is 14.4 Å². The molecule has 1 rings (SSSR count). The van der Waals surface area contributed by atoms with E-state index in [4.69, 9.17) is 4.74 Å². The summed E-state index contributed by atoms with van der Waals surface area (Å²) in [4.78, 5) is 33.4. The van der Waals surface area contributed by atoms with Crippen LogP contribution in [-0.4, -0.2) is 50.7 Å². The van der Waals surface area contributed by atoms with Gasteiger partial charge in [0, 0.05) is 32.2 Å². The Labute approximate surface area is 105 Å². The Hall–Kier alpha value is -1.89. The summed E-state index contributed by atoms with van der Waals surface area (Å²) in [5.74, 6) is -1.40. The summed E-state index contributed by atoms with van der Waals surface area (Å²) in [7, 11) is 2.76. The Bertz CT molecular complexity index is 366. The van der Waals surface area contributed by atoms with Crippen molar-refractivity contribution < 1.29 is 23.9 Å². The van der Waals surface area contributed by atoms with Gasteiger partial charge in [-0.15, -0.1) is 0 Å². The highest BCUT2D eigenvalue weighted by atomic mass is 16.5. The Morgan fingerprint density at radius 3 is 2.56 bits per heavy atom. The molecule has 0 spiro atoms. The van der Waals surface area contributed by atoms with E-state index in [0.29, 0.717) is 13.0 Å². The first-order valence-electron chi connectivity index (χ1n) is 5.48. The van der Waals surface area contributed by atoms with Crippen molar-refractivity contribution in [2.24, 2.45) is 0 Å². The number of methoxy groups -OCH3 is 1. The second-order valence-electron chi connectivity index (χ2n) is 3.73. The van der Waals surface area contributed by atoms with Crippen LogP contribution in [0.1, 0.15) is 6.42 Å². The van der Waals surface area contributed by atoms with Gasteiger partial charge < -0.3 is 20.1 Å². The van der Waals surface area contributed by atoms with Gasteiger partial charge in [-0.3, -0.25) is 4.79 Å².